The van der Waals surface area contributed by atoms with E-state index in [4.69, 9.17) is 4.98 Å². The zero-order valence-corrected chi connectivity index (χ0v) is 17.8. The highest BCUT2D eigenvalue weighted by Gasteiger charge is 2.46. The minimum absolute atomic E-state index is 0.0412. The van der Waals surface area contributed by atoms with Crippen LogP contribution in [0.1, 0.15) is 40.7 Å². The molecule has 2 aromatic heterocycles. The Balaban J connectivity index is 1.60. The highest BCUT2D eigenvalue weighted by Crippen LogP contribution is 2.49. The van der Waals surface area contributed by atoms with E-state index in [-0.39, 0.29) is 11.1 Å². The van der Waals surface area contributed by atoms with Crippen molar-refractivity contribution in [3.05, 3.63) is 76.6 Å². The summed E-state index contributed by atoms with van der Waals surface area (Å²) < 4.78 is 27.8. The average Bonchev–Trinajstić information content (AvgIpc) is 3.20. The lowest BCUT2D eigenvalue weighted by Gasteiger charge is -2.40. The lowest BCUT2D eigenvalue weighted by molar-refractivity contribution is 0.0999. The molecule has 3 aromatic rings. The molecule has 8 heteroatoms. The molecule has 1 amide bonds. The first-order chi connectivity index (χ1) is 14.8. The third kappa shape index (κ3) is 3.40. The minimum atomic E-state index is -1.00. The number of hydrogen-bond donors (Lipinski definition) is 1. The monoisotopic (exact) mass is 438 g/mol. The van der Waals surface area contributed by atoms with E-state index in [1.54, 1.807) is 30.3 Å². The largest absolute Gasteiger partial charge is 0.380 e. The van der Waals surface area contributed by atoms with Gasteiger partial charge in [0.25, 0.3) is 5.91 Å². The Kier molecular flexibility index (Phi) is 4.62. The third-order valence-corrected chi connectivity index (χ3v) is 6.99. The summed E-state index contributed by atoms with van der Waals surface area (Å²) in [5, 5.41) is 3.88. The Labute approximate surface area is 182 Å². The van der Waals surface area contributed by atoms with Crippen molar-refractivity contribution in [1.82, 2.24) is 15.3 Å². The fourth-order valence-electron chi connectivity index (χ4n) is 4.18. The molecule has 1 saturated carbocycles. The van der Waals surface area contributed by atoms with E-state index >= 15 is 0 Å². The molecule has 3 heterocycles. The Bertz CT molecular complexity index is 1190. The van der Waals surface area contributed by atoms with Crippen LogP contribution in [0.3, 0.4) is 0 Å². The Hall–Kier alpha value is -3.13. The summed E-state index contributed by atoms with van der Waals surface area (Å²) in [6.07, 6.45) is 4.45. The van der Waals surface area contributed by atoms with Gasteiger partial charge in [0.15, 0.2) is 5.13 Å². The van der Waals surface area contributed by atoms with E-state index < -0.39 is 17.8 Å². The first-order valence-corrected chi connectivity index (χ1v) is 10.9. The molecule has 158 valence electrons. The van der Waals surface area contributed by atoms with Crippen LogP contribution in [-0.4, -0.2) is 21.9 Å². The molecule has 1 N–H and O–H groups in total. The van der Waals surface area contributed by atoms with Gasteiger partial charge < -0.3 is 5.32 Å². The van der Waals surface area contributed by atoms with Crippen LogP contribution in [-0.2, 0) is 0 Å². The van der Waals surface area contributed by atoms with Crippen molar-refractivity contribution < 1.29 is 13.6 Å². The van der Waals surface area contributed by atoms with E-state index in [1.165, 1.54) is 16.2 Å². The van der Waals surface area contributed by atoms with Crippen LogP contribution < -0.4 is 10.2 Å². The molecule has 0 spiro atoms. The number of aryl methyl sites for hydroxylation is 1. The van der Waals surface area contributed by atoms with Crippen molar-refractivity contribution in [2.75, 3.05) is 4.90 Å². The summed E-state index contributed by atoms with van der Waals surface area (Å²) in [6, 6.07) is 11.1. The molecule has 1 aliphatic carbocycles. The molecule has 0 saturated heterocycles. The van der Waals surface area contributed by atoms with Crippen LogP contribution in [0.25, 0.3) is 5.70 Å². The van der Waals surface area contributed by atoms with E-state index in [1.807, 2.05) is 6.92 Å². The highest BCUT2D eigenvalue weighted by molar-refractivity contribution is 7.16. The van der Waals surface area contributed by atoms with Crippen LogP contribution in [0.4, 0.5) is 19.6 Å². The Morgan fingerprint density at radius 1 is 1.19 bits per heavy atom. The summed E-state index contributed by atoms with van der Waals surface area (Å²) in [5.74, 6) is -2.43. The maximum Gasteiger partial charge on any atom is 0.264 e. The lowest BCUT2D eigenvalue weighted by Crippen LogP contribution is -2.44. The van der Waals surface area contributed by atoms with Gasteiger partial charge in [-0.1, -0.05) is 31.2 Å². The van der Waals surface area contributed by atoms with Crippen molar-refractivity contribution in [3.8, 4) is 0 Å². The van der Waals surface area contributed by atoms with E-state index in [9.17, 15) is 13.6 Å². The number of nitrogens with one attached hydrogen (secondary N) is 1. The van der Waals surface area contributed by atoms with Gasteiger partial charge in [-0.25, -0.2) is 4.98 Å². The van der Waals surface area contributed by atoms with Crippen LogP contribution in [0, 0.1) is 24.2 Å². The standard InChI is InChI=1S/C23H20F2N4OS/c1-13-20(16-12-23(2)9-8-17(23)26-16)28-22(31-13)29(15-10-18(24)27-19(25)11-15)21(30)14-6-4-3-5-7-14/h3-7,10-12,17,26H,8-9H2,1-2H3. The number of fused-ring (bicyclic) bond motifs is 1. The molecule has 31 heavy (non-hydrogen) atoms. The Morgan fingerprint density at radius 3 is 2.48 bits per heavy atom. The van der Waals surface area contributed by atoms with Gasteiger partial charge in [-0.05, 0) is 31.9 Å². The van der Waals surface area contributed by atoms with Gasteiger partial charge in [-0.15, -0.1) is 11.3 Å². The van der Waals surface area contributed by atoms with Crippen molar-refractivity contribution in [2.24, 2.45) is 5.41 Å². The Morgan fingerprint density at radius 2 is 1.90 bits per heavy atom. The third-order valence-electron chi connectivity index (χ3n) is 6.03. The summed E-state index contributed by atoms with van der Waals surface area (Å²) >= 11 is 1.31. The minimum Gasteiger partial charge on any atom is -0.380 e. The van der Waals surface area contributed by atoms with E-state index in [2.05, 4.69) is 23.3 Å². The molecule has 1 aliphatic heterocycles. The van der Waals surface area contributed by atoms with Crippen LogP contribution in [0.15, 0.2) is 48.5 Å². The molecule has 5 nitrogen and oxygen atoms in total. The molecule has 2 unspecified atom stereocenters. The van der Waals surface area contributed by atoms with Gasteiger partial charge in [-0.2, -0.15) is 13.8 Å². The number of halogens is 2. The van der Waals surface area contributed by atoms with Gasteiger partial charge >= 0.3 is 0 Å². The summed E-state index contributed by atoms with van der Waals surface area (Å²) in [4.78, 5) is 23.4. The predicted octanol–water partition coefficient (Wildman–Crippen LogP) is 5.22. The summed E-state index contributed by atoms with van der Waals surface area (Å²) in [7, 11) is 0. The summed E-state index contributed by atoms with van der Waals surface area (Å²) in [6.45, 7) is 4.15. The normalized spacial score (nSPS) is 21.7. The maximum absolute atomic E-state index is 13.9. The molecule has 5 rings (SSSR count). The zero-order chi connectivity index (χ0) is 21.8. The molecule has 1 fully saturated rings. The van der Waals surface area contributed by atoms with Gasteiger partial charge in [0.05, 0.1) is 11.4 Å². The van der Waals surface area contributed by atoms with E-state index in [0.717, 1.165) is 41.2 Å². The fourth-order valence-corrected chi connectivity index (χ4v) is 5.13. The fraction of sp³-hybridized carbons (Fsp3) is 0.261. The number of amides is 1. The zero-order valence-electron chi connectivity index (χ0n) is 17.0. The topological polar surface area (TPSA) is 58.1 Å². The second-order valence-corrected chi connectivity index (χ2v) is 9.36. The van der Waals surface area contributed by atoms with Gasteiger partial charge in [0, 0.05) is 34.0 Å². The van der Waals surface area contributed by atoms with Crippen molar-refractivity contribution in [2.45, 2.75) is 32.7 Å². The number of aromatic nitrogens is 2. The molecule has 0 bridgehead atoms. The number of anilines is 2. The molecular formula is C23H20F2N4OS. The van der Waals surface area contributed by atoms with Crippen molar-refractivity contribution in [3.63, 3.8) is 0 Å². The van der Waals surface area contributed by atoms with Crippen LogP contribution >= 0.6 is 11.3 Å². The molecule has 2 aliphatic rings. The molecule has 2 atom stereocenters. The van der Waals surface area contributed by atoms with Gasteiger partial charge in [-0.3, -0.25) is 9.69 Å². The number of hydrogen-bond acceptors (Lipinski definition) is 5. The van der Waals surface area contributed by atoms with Gasteiger partial charge in [0.1, 0.15) is 5.69 Å². The number of thiazole rings is 1. The second kappa shape index (κ2) is 7.23. The van der Waals surface area contributed by atoms with Crippen LogP contribution in [0.5, 0.6) is 0 Å². The molecule has 1 aromatic carbocycles. The quantitative estimate of drug-likeness (QED) is 0.568. The SMILES string of the molecule is Cc1sc(N(C(=O)c2ccccc2)c2cc(F)nc(F)c2)nc1C1=CC2(C)CCC2N1. The number of nitrogens with zero attached hydrogens (tertiary/aromatic N) is 3. The number of benzene rings is 1. The average molecular weight is 439 g/mol. The maximum atomic E-state index is 13.9. The predicted molar refractivity (Wildman–Crippen MR) is 116 cm³/mol. The first kappa shape index (κ1) is 19.8. The lowest BCUT2D eigenvalue weighted by atomic mass is 9.67. The highest BCUT2D eigenvalue weighted by atomic mass is 32.1. The molecular weight excluding hydrogens is 418 g/mol. The van der Waals surface area contributed by atoms with Crippen molar-refractivity contribution >= 4 is 33.8 Å². The number of pyridine rings is 1. The van der Waals surface area contributed by atoms with E-state index in [0.29, 0.717) is 16.7 Å². The van der Waals surface area contributed by atoms with Gasteiger partial charge in [0.2, 0.25) is 11.9 Å². The smallest absolute Gasteiger partial charge is 0.264 e. The first-order valence-electron chi connectivity index (χ1n) is 10.0. The number of carbonyl (C=O) groups excluding carboxylic acids is 1. The molecule has 0 radical (unpaired) electrons. The van der Waals surface area contributed by atoms with Crippen LogP contribution in [0.2, 0.25) is 0 Å². The summed E-state index contributed by atoms with van der Waals surface area (Å²) in [5.41, 5.74) is 2.26. The number of rotatable bonds is 4. The number of carbonyl (C=O) groups is 1. The van der Waals surface area contributed by atoms with Crippen molar-refractivity contribution in [1.29, 1.82) is 0 Å². The second-order valence-electron chi connectivity index (χ2n) is 8.18.